The molecule has 0 saturated carbocycles. The Labute approximate surface area is 307 Å². The summed E-state index contributed by atoms with van der Waals surface area (Å²) in [5.41, 5.74) is 21.0. The van der Waals surface area contributed by atoms with Gasteiger partial charge in [-0.15, -0.1) is 0 Å². The van der Waals surface area contributed by atoms with Crippen LogP contribution in [0.4, 0.5) is 0 Å². The number of hydrogen-bond donors (Lipinski definition) is 0. The fourth-order valence-corrected chi connectivity index (χ4v) is 9.06. The highest BCUT2D eigenvalue weighted by Crippen LogP contribution is 2.52. The van der Waals surface area contributed by atoms with E-state index >= 15 is 0 Å². The molecule has 248 valence electrons. The van der Waals surface area contributed by atoms with Gasteiger partial charge in [-0.2, -0.15) is 0 Å². The van der Waals surface area contributed by atoms with Crippen LogP contribution in [0.2, 0.25) is 0 Å². The lowest BCUT2D eigenvalue weighted by molar-refractivity contribution is 0.659. The van der Waals surface area contributed by atoms with Crippen LogP contribution in [-0.4, -0.2) is 0 Å². The van der Waals surface area contributed by atoms with Crippen LogP contribution in [-0.2, 0) is 10.8 Å². The molecule has 0 heteroatoms. The number of hydrogen-bond acceptors (Lipinski definition) is 0. The first kappa shape index (κ1) is 30.8. The van der Waals surface area contributed by atoms with Gasteiger partial charge in [-0.3, -0.25) is 0 Å². The third-order valence-corrected chi connectivity index (χ3v) is 12.1. The molecule has 0 atom stereocenters. The maximum Gasteiger partial charge on any atom is 0.0159 e. The maximum atomic E-state index is 2.45. The van der Waals surface area contributed by atoms with Crippen molar-refractivity contribution in [3.63, 3.8) is 0 Å². The fraction of sp³-hybridized carbons (Fsp3) is 0.115. The summed E-state index contributed by atoms with van der Waals surface area (Å²) in [4.78, 5) is 0. The van der Waals surface area contributed by atoms with Gasteiger partial charge in [-0.25, -0.2) is 0 Å². The first-order chi connectivity index (χ1) is 25.3. The predicted octanol–water partition coefficient (Wildman–Crippen LogP) is 14.1. The van der Waals surface area contributed by atoms with Crippen molar-refractivity contribution in [1.82, 2.24) is 0 Å². The van der Waals surface area contributed by atoms with Crippen molar-refractivity contribution in [2.45, 2.75) is 38.5 Å². The van der Waals surface area contributed by atoms with Crippen LogP contribution in [0.3, 0.4) is 0 Å². The summed E-state index contributed by atoms with van der Waals surface area (Å²) < 4.78 is 0. The van der Waals surface area contributed by atoms with Gasteiger partial charge in [0.05, 0.1) is 0 Å². The van der Waals surface area contributed by atoms with Crippen LogP contribution in [0.1, 0.15) is 49.9 Å². The van der Waals surface area contributed by atoms with Gasteiger partial charge in [0.15, 0.2) is 0 Å². The average molecular weight is 665 g/mol. The highest BCUT2D eigenvalue weighted by molar-refractivity contribution is 5.89. The molecular formula is C52H40. The molecule has 0 aromatic heterocycles. The zero-order chi connectivity index (χ0) is 35.2. The van der Waals surface area contributed by atoms with Crippen molar-refractivity contribution in [3.05, 3.63) is 192 Å². The summed E-state index contributed by atoms with van der Waals surface area (Å²) in [6.45, 7) is 9.50. The molecule has 0 N–H and O–H groups in total. The van der Waals surface area contributed by atoms with E-state index in [1.165, 1.54) is 99.8 Å². The average Bonchev–Trinajstić information content (AvgIpc) is 3.56. The molecule has 0 aliphatic heterocycles. The first-order valence-electron chi connectivity index (χ1n) is 18.5. The van der Waals surface area contributed by atoms with Gasteiger partial charge in [0.25, 0.3) is 0 Å². The lowest BCUT2D eigenvalue weighted by Gasteiger charge is -2.23. The van der Waals surface area contributed by atoms with E-state index in [1.807, 2.05) is 0 Å². The second-order valence-corrected chi connectivity index (χ2v) is 15.8. The SMILES string of the molecule is CC1(C)c2ccccc2-c2ccc(-c3ccc4c(c3)C(C)(C)c3cc(-c5ccc(-c6ccc(-c7ccc8ccccc8c7)cc6)cc5)ccc3-4)cc21. The van der Waals surface area contributed by atoms with E-state index in [4.69, 9.17) is 0 Å². The van der Waals surface area contributed by atoms with Gasteiger partial charge in [0, 0.05) is 10.8 Å². The summed E-state index contributed by atoms with van der Waals surface area (Å²) in [6, 6.07) is 63.4. The molecule has 2 aliphatic carbocycles. The van der Waals surface area contributed by atoms with Gasteiger partial charge < -0.3 is 0 Å². The molecule has 0 spiro atoms. The van der Waals surface area contributed by atoms with Gasteiger partial charge in [-0.1, -0.05) is 173 Å². The molecule has 0 fully saturated rings. The number of fused-ring (bicyclic) bond motifs is 7. The zero-order valence-electron chi connectivity index (χ0n) is 30.2. The Morgan fingerprint density at radius 1 is 0.250 bits per heavy atom. The van der Waals surface area contributed by atoms with Crippen LogP contribution in [0.5, 0.6) is 0 Å². The highest BCUT2D eigenvalue weighted by atomic mass is 14.4. The van der Waals surface area contributed by atoms with Gasteiger partial charge in [0.2, 0.25) is 0 Å². The summed E-state index contributed by atoms with van der Waals surface area (Å²) in [5, 5.41) is 2.55. The zero-order valence-corrected chi connectivity index (χ0v) is 30.2. The third kappa shape index (κ3) is 4.67. The van der Waals surface area contributed by atoms with Gasteiger partial charge >= 0.3 is 0 Å². The Kier molecular flexibility index (Phi) is 6.67. The largest absolute Gasteiger partial charge is 0.0619 e. The highest BCUT2D eigenvalue weighted by Gasteiger charge is 2.37. The minimum absolute atomic E-state index is 0.00810. The second kappa shape index (κ2) is 11.3. The monoisotopic (exact) mass is 664 g/mol. The van der Waals surface area contributed by atoms with E-state index in [-0.39, 0.29) is 10.8 Å². The summed E-state index contributed by atoms with van der Waals surface area (Å²) in [5.74, 6) is 0. The fourth-order valence-electron chi connectivity index (χ4n) is 9.06. The van der Waals surface area contributed by atoms with Crippen molar-refractivity contribution in [2.75, 3.05) is 0 Å². The molecule has 10 rings (SSSR count). The molecule has 52 heavy (non-hydrogen) atoms. The molecule has 0 saturated heterocycles. The summed E-state index contributed by atoms with van der Waals surface area (Å²) in [7, 11) is 0. The molecule has 0 radical (unpaired) electrons. The molecule has 8 aromatic rings. The van der Waals surface area contributed by atoms with E-state index in [0.29, 0.717) is 0 Å². The van der Waals surface area contributed by atoms with Crippen LogP contribution in [0.15, 0.2) is 170 Å². The van der Waals surface area contributed by atoms with Gasteiger partial charge in [0.1, 0.15) is 0 Å². The lowest BCUT2D eigenvalue weighted by atomic mass is 9.80. The van der Waals surface area contributed by atoms with Gasteiger partial charge in [-0.05, 0) is 124 Å². The molecule has 2 aliphatic rings. The van der Waals surface area contributed by atoms with Crippen molar-refractivity contribution < 1.29 is 0 Å². The Morgan fingerprint density at radius 2 is 0.577 bits per heavy atom. The van der Waals surface area contributed by atoms with E-state index < -0.39 is 0 Å². The predicted molar refractivity (Wildman–Crippen MR) is 221 cm³/mol. The maximum absolute atomic E-state index is 2.45. The van der Waals surface area contributed by atoms with Crippen molar-refractivity contribution >= 4 is 10.8 Å². The Bertz CT molecular complexity index is 2700. The van der Waals surface area contributed by atoms with Crippen molar-refractivity contribution in [2.24, 2.45) is 0 Å². The quantitative estimate of drug-likeness (QED) is 0.176. The summed E-state index contributed by atoms with van der Waals surface area (Å²) in [6.07, 6.45) is 0. The Hall–Kier alpha value is -5.98. The van der Waals surface area contributed by atoms with E-state index in [1.54, 1.807) is 0 Å². The summed E-state index contributed by atoms with van der Waals surface area (Å²) >= 11 is 0. The second-order valence-electron chi connectivity index (χ2n) is 15.8. The number of rotatable bonds is 4. The Morgan fingerprint density at radius 3 is 1.10 bits per heavy atom. The third-order valence-electron chi connectivity index (χ3n) is 12.1. The van der Waals surface area contributed by atoms with Crippen LogP contribution in [0, 0.1) is 0 Å². The van der Waals surface area contributed by atoms with Crippen molar-refractivity contribution in [3.8, 4) is 66.8 Å². The van der Waals surface area contributed by atoms with Crippen LogP contribution in [0.25, 0.3) is 77.5 Å². The van der Waals surface area contributed by atoms with Crippen LogP contribution >= 0.6 is 0 Å². The molecule has 0 bridgehead atoms. The molecular weight excluding hydrogens is 625 g/mol. The topological polar surface area (TPSA) is 0 Å². The van der Waals surface area contributed by atoms with E-state index in [2.05, 4.69) is 198 Å². The van der Waals surface area contributed by atoms with E-state index in [9.17, 15) is 0 Å². The normalized spacial score (nSPS) is 14.5. The molecule has 0 nitrogen and oxygen atoms in total. The number of benzene rings is 8. The van der Waals surface area contributed by atoms with Crippen molar-refractivity contribution in [1.29, 1.82) is 0 Å². The first-order valence-corrected chi connectivity index (χ1v) is 18.5. The Balaban J connectivity index is 0.920. The molecule has 0 unspecified atom stereocenters. The standard InChI is InChI=1S/C52H40/c1-51(2)47-12-8-7-11-43(47)44-27-24-41(31-48(44)51)42-25-28-46-45-26-23-40(30-49(45)52(3,4)50(46)32-42)37-19-15-35(16-20-37)34-13-17-36(18-14-34)39-22-21-33-9-5-6-10-38(33)29-39/h5-32H,1-4H3. The molecule has 0 amide bonds. The van der Waals surface area contributed by atoms with E-state index in [0.717, 1.165) is 0 Å². The minimum Gasteiger partial charge on any atom is -0.0619 e. The smallest absolute Gasteiger partial charge is 0.0159 e. The lowest BCUT2D eigenvalue weighted by Crippen LogP contribution is -2.15. The molecule has 8 aromatic carbocycles. The molecule has 0 heterocycles. The van der Waals surface area contributed by atoms with Crippen LogP contribution < -0.4 is 0 Å². The minimum atomic E-state index is -0.102.